The van der Waals surface area contributed by atoms with E-state index in [0.717, 1.165) is 22.7 Å². The number of rotatable bonds is 3. The summed E-state index contributed by atoms with van der Waals surface area (Å²) in [5.41, 5.74) is -2.68. The van der Waals surface area contributed by atoms with Crippen LogP contribution in [0.3, 0.4) is 0 Å². The standard InChI is InChI=1S/C20H13F6NS2/c1-10-8-9-13(28-10)14-15(19(23,24)20(25,26)18(14,21)22)16-11(2)29-17(27-16)12-6-4-3-5-7-12/h3-9H,1-2H3. The van der Waals surface area contributed by atoms with Crippen LogP contribution in [0.15, 0.2) is 42.5 Å². The van der Waals surface area contributed by atoms with Crippen molar-refractivity contribution in [3.8, 4) is 10.6 Å². The van der Waals surface area contributed by atoms with Crippen molar-refractivity contribution in [1.29, 1.82) is 0 Å². The van der Waals surface area contributed by atoms with Crippen LogP contribution in [0, 0.1) is 13.8 Å². The summed E-state index contributed by atoms with van der Waals surface area (Å²) in [6.07, 6.45) is 0. The third kappa shape index (κ3) is 2.78. The zero-order valence-corrected chi connectivity index (χ0v) is 16.7. The largest absolute Gasteiger partial charge is 0.380 e. The Morgan fingerprint density at radius 3 is 1.97 bits per heavy atom. The highest BCUT2D eigenvalue weighted by Crippen LogP contribution is 2.65. The number of halogens is 6. The molecule has 0 saturated carbocycles. The molecule has 9 heteroatoms. The molecule has 4 rings (SSSR count). The molecule has 0 aliphatic heterocycles. The van der Waals surface area contributed by atoms with Gasteiger partial charge >= 0.3 is 17.8 Å². The number of hydrogen-bond acceptors (Lipinski definition) is 3. The summed E-state index contributed by atoms with van der Waals surface area (Å²) in [5.74, 6) is -15.7. The summed E-state index contributed by atoms with van der Waals surface area (Å²) in [4.78, 5) is 4.49. The molecule has 1 aliphatic carbocycles. The van der Waals surface area contributed by atoms with E-state index in [1.165, 1.54) is 19.1 Å². The van der Waals surface area contributed by atoms with Gasteiger partial charge in [0.15, 0.2) is 0 Å². The second kappa shape index (κ2) is 6.43. The van der Waals surface area contributed by atoms with Crippen LogP contribution in [0.1, 0.15) is 20.3 Å². The van der Waals surface area contributed by atoms with Crippen LogP contribution in [0.5, 0.6) is 0 Å². The Morgan fingerprint density at radius 2 is 1.38 bits per heavy atom. The van der Waals surface area contributed by atoms with Crippen molar-refractivity contribution in [3.05, 3.63) is 62.8 Å². The van der Waals surface area contributed by atoms with Crippen LogP contribution in [0.25, 0.3) is 21.7 Å². The van der Waals surface area contributed by atoms with Crippen LogP contribution in [-0.2, 0) is 0 Å². The van der Waals surface area contributed by atoms with E-state index in [1.54, 1.807) is 37.3 Å². The lowest BCUT2D eigenvalue weighted by Crippen LogP contribution is -2.48. The number of nitrogens with zero attached hydrogens (tertiary/aromatic N) is 1. The van der Waals surface area contributed by atoms with Gasteiger partial charge in [0.05, 0.1) is 16.8 Å². The van der Waals surface area contributed by atoms with Crippen molar-refractivity contribution >= 4 is 33.8 Å². The molecule has 0 unspecified atom stereocenters. The monoisotopic (exact) mass is 445 g/mol. The molecule has 0 amide bonds. The Morgan fingerprint density at radius 1 is 0.759 bits per heavy atom. The first kappa shape index (κ1) is 20.2. The third-order valence-electron chi connectivity index (χ3n) is 4.71. The highest BCUT2D eigenvalue weighted by atomic mass is 32.1. The lowest BCUT2D eigenvalue weighted by molar-refractivity contribution is -0.254. The smallest absolute Gasteiger partial charge is 0.236 e. The lowest BCUT2D eigenvalue weighted by Gasteiger charge is -2.25. The second-order valence-corrected chi connectivity index (χ2v) is 9.16. The zero-order valence-electron chi connectivity index (χ0n) is 15.1. The molecule has 0 N–H and O–H groups in total. The first-order valence-corrected chi connectivity index (χ1v) is 10.1. The fraction of sp³-hybridized carbons (Fsp3) is 0.250. The summed E-state index contributed by atoms with van der Waals surface area (Å²) in [7, 11) is 0. The first-order chi connectivity index (χ1) is 13.5. The summed E-state index contributed by atoms with van der Waals surface area (Å²) in [6, 6.07) is 11.1. The minimum Gasteiger partial charge on any atom is -0.236 e. The predicted molar refractivity (Wildman–Crippen MR) is 103 cm³/mol. The molecular formula is C20H13F6NS2. The first-order valence-electron chi connectivity index (χ1n) is 8.47. The molecule has 0 spiro atoms. The highest BCUT2D eigenvalue weighted by molar-refractivity contribution is 7.15. The van der Waals surface area contributed by atoms with E-state index in [9.17, 15) is 26.3 Å². The number of allylic oxidation sites excluding steroid dienone is 2. The number of aryl methyl sites for hydroxylation is 2. The van der Waals surface area contributed by atoms with Gasteiger partial charge in [0.25, 0.3) is 0 Å². The van der Waals surface area contributed by atoms with Crippen molar-refractivity contribution in [2.75, 3.05) is 0 Å². The maximum atomic E-state index is 14.8. The fourth-order valence-corrected chi connectivity index (χ4v) is 5.15. The molecule has 0 saturated heterocycles. The summed E-state index contributed by atoms with van der Waals surface area (Å²) < 4.78 is 87.5. The minimum absolute atomic E-state index is 0.165. The summed E-state index contributed by atoms with van der Waals surface area (Å²) in [6.45, 7) is 2.99. The Bertz CT molecular complexity index is 1110. The second-order valence-electron chi connectivity index (χ2n) is 6.67. The van der Waals surface area contributed by atoms with Crippen molar-refractivity contribution < 1.29 is 26.3 Å². The molecule has 0 bridgehead atoms. The Labute approximate surface area is 170 Å². The fourth-order valence-electron chi connectivity index (χ4n) is 3.27. The van der Waals surface area contributed by atoms with Gasteiger partial charge in [0.2, 0.25) is 0 Å². The maximum absolute atomic E-state index is 14.8. The molecule has 2 heterocycles. The van der Waals surface area contributed by atoms with Gasteiger partial charge in [-0.1, -0.05) is 30.3 Å². The number of benzene rings is 1. The van der Waals surface area contributed by atoms with Crippen molar-refractivity contribution in [2.24, 2.45) is 0 Å². The molecular weight excluding hydrogens is 432 g/mol. The molecule has 1 aliphatic rings. The number of thiazole rings is 1. The van der Waals surface area contributed by atoms with E-state index >= 15 is 0 Å². The third-order valence-corrected chi connectivity index (χ3v) is 6.75. The van der Waals surface area contributed by atoms with Gasteiger partial charge in [-0.3, -0.25) is 0 Å². The zero-order chi connectivity index (χ0) is 21.2. The van der Waals surface area contributed by atoms with Crippen molar-refractivity contribution in [2.45, 2.75) is 31.6 Å². The lowest BCUT2D eigenvalue weighted by atomic mass is 10.0. The van der Waals surface area contributed by atoms with Gasteiger partial charge in [-0.25, -0.2) is 4.98 Å². The van der Waals surface area contributed by atoms with E-state index in [2.05, 4.69) is 4.98 Å². The molecule has 29 heavy (non-hydrogen) atoms. The minimum atomic E-state index is -5.56. The Kier molecular flexibility index (Phi) is 4.47. The molecule has 3 aromatic rings. The number of alkyl halides is 6. The molecule has 152 valence electrons. The van der Waals surface area contributed by atoms with Crippen LogP contribution in [0.4, 0.5) is 26.3 Å². The molecule has 2 aromatic heterocycles. The number of aromatic nitrogens is 1. The highest BCUT2D eigenvalue weighted by Gasteiger charge is 2.80. The average Bonchev–Trinajstić information content (AvgIpc) is 3.27. The SMILES string of the molecule is Cc1ccc(C2=C(c3nc(-c4ccccc4)sc3C)C(F)(F)C(F)(F)C2(F)F)s1. The maximum Gasteiger partial charge on any atom is 0.380 e. The predicted octanol–water partition coefficient (Wildman–Crippen LogP) is 7.32. The average molecular weight is 445 g/mol. The van der Waals surface area contributed by atoms with Gasteiger partial charge < -0.3 is 0 Å². The van der Waals surface area contributed by atoms with Crippen LogP contribution in [-0.4, -0.2) is 22.8 Å². The van der Waals surface area contributed by atoms with E-state index in [1.807, 2.05) is 0 Å². The van der Waals surface area contributed by atoms with Crippen LogP contribution in [0.2, 0.25) is 0 Å². The topological polar surface area (TPSA) is 12.9 Å². The molecule has 1 aromatic carbocycles. The van der Waals surface area contributed by atoms with Gasteiger partial charge in [0, 0.05) is 20.2 Å². The quantitative estimate of drug-likeness (QED) is 0.385. The number of hydrogen-bond donors (Lipinski definition) is 0. The van der Waals surface area contributed by atoms with E-state index < -0.39 is 34.6 Å². The Balaban J connectivity index is 2.02. The van der Waals surface area contributed by atoms with Crippen molar-refractivity contribution in [3.63, 3.8) is 0 Å². The van der Waals surface area contributed by atoms with Gasteiger partial charge in [-0.2, -0.15) is 26.3 Å². The van der Waals surface area contributed by atoms with Crippen LogP contribution >= 0.6 is 22.7 Å². The summed E-state index contributed by atoms with van der Waals surface area (Å²) >= 11 is 1.76. The van der Waals surface area contributed by atoms with Crippen LogP contribution < -0.4 is 0 Å². The van der Waals surface area contributed by atoms with Gasteiger partial charge in [-0.05, 0) is 26.0 Å². The van der Waals surface area contributed by atoms with E-state index in [0.29, 0.717) is 15.4 Å². The molecule has 0 radical (unpaired) electrons. The van der Waals surface area contributed by atoms with E-state index in [-0.39, 0.29) is 9.75 Å². The molecule has 0 fully saturated rings. The Hall–Kier alpha value is -2.13. The normalized spacial score (nSPS) is 19.7. The van der Waals surface area contributed by atoms with Gasteiger partial charge in [-0.15, -0.1) is 22.7 Å². The van der Waals surface area contributed by atoms with E-state index in [4.69, 9.17) is 0 Å². The molecule has 0 atom stereocenters. The van der Waals surface area contributed by atoms with Gasteiger partial charge in [0.1, 0.15) is 5.01 Å². The van der Waals surface area contributed by atoms with Crippen molar-refractivity contribution in [1.82, 2.24) is 4.98 Å². The number of thiophene rings is 1. The molecule has 1 nitrogen and oxygen atoms in total. The summed E-state index contributed by atoms with van der Waals surface area (Å²) in [5, 5.41) is 0.293.